The van der Waals surface area contributed by atoms with Crippen LogP contribution in [-0.2, 0) is 9.53 Å². The summed E-state index contributed by atoms with van der Waals surface area (Å²) in [4.78, 5) is 50.5. The van der Waals surface area contributed by atoms with Crippen molar-refractivity contribution in [3.63, 3.8) is 0 Å². The van der Waals surface area contributed by atoms with Crippen LogP contribution in [0.25, 0.3) is 0 Å². The second-order valence-electron chi connectivity index (χ2n) is 7.03. The molecule has 0 radical (unpaired) electrons. The lowest BCUT2D eigenvalue weighted by molar-refractivity contribution is -0.134. The number of rotatable bonds is 6. The standard InChI is InChI=1S/C23H19N3O5/c1-2-11-25-21(28)17-9-8-16(13-18(17)22(25)29)23(30)31-14-20(27)26-12-10-19(24-26)15-6-4-3-5-7-15/h2-9,13H,1,10-12,14H2. The summed E-state index contributed by atoms with van der Waals surface area (Å²) in [6, 6.07) is 13.7. The molecule has 8 heteroatoms. The van der Waals surface area contributed by atoms with Crippen molar-refractivity contribution in [1.82, 2.24) is 9.91 Å². The number of hydrazone groups is 1. The molecule has 0 atom stereocenters. The van der Waals surface area contributed by atoms with E-state index in [0.29, 0.717) is 13.0 Å². The first-order chi connectivity index (χ1) is 15.0. The highest BCUT2D eigenvalue weighted by Gasteiger charge is 2.35. The number of imide groups is 1. The Morgan fingerprint density at radius 1 is 1.06 bits per heavy atom. The minimum absolute atomic E-state index is 0.0853. The second-order valence-corrected chi connectivity index (χ2v) is 7.03. The van der Waals surface area contributed by atoms with Gasteiger partial charge in [-0.25, -0.2) is 9.80 Å². The summed E-state index contributed by atoms with van der Waals surface area (Å²) >= 11 is 0. The molecule has 0 fully saturated rings. The van der Waals surface area contributed by atoms with Crippen molar-refractivity contribution in [3.8, 4) is 0 Å². The van der Waals surface area contributed by atoms with Crippen molar-refractivity contribution in [1.29, 1.82) is 0 Å². The van der Waals surface area contributed by atoms with Crippen LogP contribution in [0.3, 0.4) is 0 Å². The molecule has 2 aliphatic heterocycles. The van der Waals surface area contributed by atoms with Crippen molar-refractivity contribution in [3.05, 3.63) is 83.4 Å². The zero-order valence-electron chi connectivity index (χ0n) is 16.6. The quantitative estimate of drug-likeness (QED) is 0.408. The van der Waals surface area contributed by atoms with Crippen molar-refractivity contribution < 1.29 is 23.9 Å². The first-order valence-electron chi connectivity index (χ1n) is 9.71. The van der Waals surface area contributed by atoms with Gasteiger partial charge < -0.3 is 4.74 Å². The fourth-order valence-corrected chi connectivity index (χ4v) is 3.47. The molecule has 0 unspecified atom stereocenters. The average molecular weight is 417 g/mol. The first-order valence-corrected chi connectivity index (χ1v) is 9.71. The van der Waals surface area contributed by atoms with Gasteiger partial charge in [0.25, 0.3) is 17.7 Å². The zero-order valence-corrected chi connectivity index (χ0v) is 16.6. The van der Waals surface area contributed by atoms with Crippen molar-refractivity contribution >= 4 is 29.4 Å². The topological polar surface area (TPSA) is 96.3 Å². The number of fused-ring (bicyclic) bond motifs is 1. The number of ether oxygens (including phenoxy) is 1. The van der Waals surface area contributed by atoms with Gasteiger partial charge >= 0.3 is 5.97 Å². The van der Waals surface area contributed by atoms with Crippen LogP contribution >= 0.6 is 0 Å². The van der Waals surface area contributed by atoms with Crippen molar-refractivity contribution in [2.45, 2.75) is 6.42 Å². The van der Waals surface area contributed by atoms with E-state index in [1.54, 1.807) is 0 Å². The van der Waals surface area contributed by atoms with Gasteiger partial charge in [-0.3, -0.25) is 19.3 Å². The predicted molar refractivity (Wildman–Crippen MR) is 112 cm³/mol. The van der Waals surface area contributed by atoms with Crippen molar-refractivity contribution in [2.75, 3.05) is 19.7 Å². The minimum atomic E-state index is -0.759. The maximum absolute atomic E-state index is 12.4. The maximum Gasteiger partial charge on any atom is 0.338 e. The SMILES string of the molecule is C=CCN1C(=O)c2ccc(C(=O)OCC(=O)N3CCC(c4ccccc4)=N3)cc2C1=O. The van der Waals surface area contributed by atoms with Crippen LogP contribution in [0.2, 0.25) is 0 Å². The van der Waals surface area contributed by atoms with Crippen LogP contribution < -0.4 is 0 Å². The van der Waals surface area contributed by atoms with E-state index in [0.717, 1.165) is 16.2 Å². The van der Waals surface area contributed by atoms with E-state index >= 15 is 0 Å². The Morgan fingerprint density at radius 2 is 1.81 bits per heavy atom. The van der Waals surface area contributed by atoms with E-state index in [9.17, 15) is 19.2 Å². The molecule has 0 N–H and O–H groups in total. The van der Waals surface area contributed by atoms with Gasteiger partial charge in [0.1, 0.15) is 0 Å². The third-order valence-electron chi connectivity index (χ3n) is 5.04. The second kappa shape index (κ2) is 8.35. The highest BCUT2D eigenvalue weighted by Crippen LogP contribution is 2.24. The maximum atomic E-state index is 12.4. The molecule has 0 bridgehead atoms. The summed E-state index contributed by atoms with van der Waals surface area (Å²) in [6.07, 6.45) is 2.07. The number of amides is 3. The molecule has 156 valence electrons. The van der Waals surface area contributed by atoms with E-state index in [2.05, 4.69) is 11.7 Å². The Balaban J connectivity index is 1.39. The third-order valence-corrected chi connectivity index (χ3v) is 5.04. The predicted octanol–water partition coefficient (Wildman–Crippen LogP) is 2.26. The molecule has 2 heterocycles. The highest BCUT2D eigenvalue weighted by molar-refractivity contribution is 6.22. The molecule has 4 rings (SSSR count). The first kappa shape index (κ1) is 20.2. The van der Waals surface area contributed by atoms with Crippen LogP contribution in [0.4, 0.5) is 0 Å². The van der Waals surface area contributed by atoms with Gasteiger partial charge in [-0.2, -0.15) is 5.10 Å². The molecule has 3 amide bonds. The molecule has 0 aromatic heterocycles. The number of benzene rings is 2. The molecule has 31 heavy (non-hydrogen) atoms. The monoisotopic (exact) mass is 417 g/mol. The highest BCUT2D eigenvalue weighted by atomic mass is 16.5. The van der Waals surface area contributed by atoms with Gasteiger partial charge in [-0.1, -0.05) is 36.4 Å². The fraction of sp³-hybridized carbons (Fsp3) is 0.174. The number of hydrogen-bond donors (Lipinski definition) is 0. The normalized spacial score (nSPS) is 15.0. The van der Waals surface area contributed by atoms with Crippen LogP contribution in [-0.4, -0.2) is 59.0 Å². The van der Waals surface area contributed by atoms with Crippen LogP contribution in [0.5, 0.6) is 0 Å². The molecule has 0 saturated heterocycles. The molecule has 0 aliphatic carbocycles. The zero-order chi connectivity index (χ0) is 22.0. The molecule has 8 nitrogen and oxygen atoms in total. The Labute approximate surface area is 178 Å². The molecular formula is C23H19N3O5. The molecule has 2 aromatic rings. The van der Waals surface area contributed by atoms with Crippen LogP contribution in [0, 0.1) is 0 Å². The molecule has 2 aromatic carbocycles. The lowest BCUT2D eigenvalue weighted by atomic mass is 10.1. The van der Waals surface area contributed by atoms with E-state index in [4.69, 9.17) is 4.74 Å². The van der Waals surface area contributed by atoms with Gasteiger partial charge in [0.05, 0.1) is 28.9 Å². The van der Waals surface area contributed by atoms with E-state index in [-0.39, 0.29) is 23.2 Å². The summed E-state index contributed by atoms with van der Waals surface area (Å²) < 4.78 is 5.11. The van der Waals surface area contributed by atoms with Gasteiger partial charge in [0.15, 0.2) is 6.61 Å². The summed E-state index contributed by atoms with van der Waals surface area (Å²) in [5, 5.41) is 5.60. The third kappa shape index (κ3) is 3.87. The van der Waals surface area contributed by atoms with Gasteiger partial charge in [0.2, 0.25) is 0 Å². The number of hydrogen-bond acceptors (Lipinski definition) is 6. The molecule has 0 saturated carbocycles. The lowest BCUT2D eigenvalue weighted by Crippen LogP contribution is -2.29. The minimum Gasteiger partial charge on any atom is -0.452 e. The summed E-state index contributed by atoms with van der Waals surface area (Å²) in [5.41, 5.74) is 2.18. The van der Waals surface area contributed by atoms with E-state index in [1.807, 2.05) is 30.3 Å². The van der Waals surface area contributed by atoms with Crippen LogP contribution in [0.1, 0.15) is 43.1 Å². The number of nitrogens with zero attached hydrogens (tertiary/aromatic N) is 3. The van der Waals surface area contributed by atoms with Crippen molar-refractivity contribution in [2.24, 2.45) is 5.10 Å². The van der Waals surface area contributed by atoms with Gasteiger partial charge in [-0.15, -0.1) is 6.58 Å². The Hall–Kier alpha value is -4.07. The summed E-state index contributed by atoms with van der Waals surface area (Å²) in [7, 11) is 0. The molecule has 0 spiro atoms. The summed E-state index contributed by atoms with van der Waals surface area (Å²) in [6.45, 7) is 3.55. The Bertz CT molecular complexity index is 1120. The number of esters is 1. The lowest BCUT2D eigenvalue weighted by Gasteiger charge is -2.11. The molecule has 2 aliphatic rings. The Kier molecular flexibility index (Phi) is 5.44. The number of carbonyl (C=O) groups excluding carboxylic acids is 4. The Morgan fingerprint density at radius 3 is 2.55 bits per heavy atom. The summed E-state index contributed by atoms with van der Waals surface area (Å²) in [5.74, 6) is -2.13. The fourth-order valence-electron chi connectivity index (χ4n) is 3.47. The van der Waals surface area contributed by atoms with Crippen LogP contribution in [0.15, 0.2) is 66.3 Å². The van der Waals surface area contributed by atoms with E-state index in [1.165, 1.54) is 29.3 Å². The number of carbonyl (C=O) groups is 4. The largest absolute Gasteiger partial charge is 0.452 e. The van der Waals surface area contributed by atoms with Gasteiger partial charge in [0, 0.05) is 13.0 Å². The molecular weight excluding hydrogens is 398 g/mol. The van der Waals surface area contributed by atoms with Gasteiger partial charge in [-0.05, 0) is 23.8 Å². The smallest absolute Gasteiger partial charge is 0.338 e. The van der Waals surface area contributed by atoms with E-state index < -0.39 is 30.3 Å². The average Bonchev–Trinajstić information content (AvgIpc) is 3.38.